The summed E-state index contributed by atoms with van der Waals surface area (Å²) >= 11 is 0. The standard InChI is InChI=1S/C18H18N2O4/c1-20-15-8-5-13(11-16(15)24-18(20)22)17(21)19-10-9-12-3-6-14(23-2)7-4-12/h3-8,11H,9-10H2,1-2H3,(H,19,21). The average Bonchev–Trinajstić information content (AvgIpc) is 2.89. The van der Waals surface area contributed by atoms with Gasteiger partial charge in [-0.25, -0.2) is 4.79 Å². The SMILES string of the molecule is COc1ccc(CCNC(=O)c2ccc3c(c2)oc(=O)n3C)cc1. The van der Waals surface area contributed by atoms with E-state index in [1.807, 2.05) is 24.3 Å². The first-order valence-corrected chi connectivity index (χ1v) is 7.59. The minimum absolute atomic E-state index is 0.197. The first kappa shape index (κ1) is 15.9. The number of rotatable bonds is 5. The highest BCUT2D eigenvalue weighted by atomic mass is 16.5. The average molecular weight is 326 g/mol. The third-order valence-corrected chi connectivity index (χ3v) is 3.91. The molecule has 0 unspecified atom stereocenters. The molecule has 0 radical (unpaired) electrons. The van der Waals surface area contributed by atoms with Crippen molar-refractivity contribution in [2.75, 3.05) is 13.7 Å². The Morgan fingerprint density at radius 2 is 1.96 bits per heavy atom. The Morgan fingerprint density at radius 3 is 2.67 bits per heavy atom. The molecule has 0 fully saturated rings. The molecule has 1 N–H and O–H groups in total. The summed E-state index contributed by atoms with van der Waals surface area (Å²) in [5.41, 5.74) is 2.65. The van der Waals surface area contributed by atoms with Crippen molar-refractivity contribution < 1.29 is 13.9 Å². The molecule has 0 aliphatic rings. The van der Waals surface area contributed by atoms with Crippen LogP contribution in [0.15, 0.2) is 51.7 Å². The van der Waals surface area contributed by atoms with Crippen LogP contribution >= 0.6 is 0 Å². The maximum atomic E-state index is 12.2. The Labute approximate surface area is 138 Å². The first-order valence-electron chi connectivity index (χ1n) is 7.59. The van der Waals surface area contributed by atoms with Crippen LogP contribution in [-0.2, 0) is 13.5 Å². The normalized spacial score (nSPS) is 10.8. The van der Waals surface area contributed by atoms with Gasteiger partial charge in [-0.3, -0.25) is 9.36 Å². The van der Waals surface area contributed by atoms with E-state index >= 15 is 0 Å². The van der Waals surface area contributed by atoms with Gasteiger partial charge in [-0.15, -0.1) is 0 Å². The predicted molar refractivity (Wildman–Crippen MR) is 90.5 cm³/mol. The van der Waals surface area contributed by atoms with Gasteiger partial charge in [0.15, 0.2) is 5.58 Å². The molecule has 6 nitrogen and oxygen atoms in total. The molecule has 0 aliphatic heterocycles. The molecule has 0 aliphatic carbocycles. The van der Waals surface area contributed by atoms with Gasteiger partial charge in [-0.1, -0.05) is 12.1 Å². The molecule has 1 heterocycles. The van der Waals surface area contributed by atoms with Gasteiger partial charge >= 0.3 is 5.76 Å². The number of aryl methyl sites for hydroxylation is 1. The number of nitrogens with zero attached hydrogens (tertiary/aromatic N) is 1. The molecule has 0 saturated carbocycles. The summed E-state index contributed by atoms with van der Waals surface area (Å²) < 4.78 is 11.6. The molecule has 0 spiro atoms. The molecule has 0 saturated heterocycles. The largest absolute Gasteiger partial charge is 0.497 e. The van der Waals surface area contributed by atoms with Crippen molar-refractivity contribution in [1.82, 2.24) is 9.88 Å². The highest BCUT2D eigenvalue weighted by Gasteiger charge is 2.10. The molecule has 124 valence electrons. The first-order chi connectivity index (χ1) is 11.6. The van der Waals surface area contributed by atoms with Gasteiger partial charge in [0, 0.05) is 19.2 Å². The number of fused-ring (bicyclic) bond motifs is 1. The fourth-order valence-electron chi connectivity index (χ4n) is 2.49. The van der Waals surface area contributed by atoms with Gasteiger partial charge in [0.1, 0.15) is 5.75 Å². The molecule has 3 rings (SSSR count). The van der Waals surface area contributed by atoms with E-state index in [2.05, 4.69) is 5.32 Å². The molecule has 6 heteroatoms. The van der Waals surface area contributed by atoms with Crippen LogP contribution < -0.4 is 15.8 Å². The minimum Gasteiger partial charge on any atom is -0.497 e. The number of amides is 1. The number of ether oxygens (including phenoxy) is 1. The topological polar surface area (TPSA) is 73.5 Å². The molecular formula is C18H18N2O4. The second-order valence-electron chi connectivity index (χ2n) is 5.46. The van der Waals surface area contributed by atoms with Crippen LogP contribution in [-0.4, -0.2) is 24.1 Å². The van der Waals surface area contributed by atoms with E-state index in [1.54, 1.807) is 32.4 Å². The van der Waals surface area contributed by atoms with Gasteiger partial charge < -0.3 is 14.5 Å². The van der Waals surface area contributed by atoms with E-state index in [-0.39, 0.29) is 5.91 Å². The van der Waals surface area contributed by atoms with Crippen molar-refractivity contribution in [2.45, 2.75) is 6.42 Å². The predicted octanol–water partition coefficient (Wildman–Crippen LogP) is 2.11. The number of hydrogen-bond acceptors (Lipinski definition) is 4. The maximum Gasteiger partial charge on any atom is 0.419 e. The fraction of sp³-hybridized carbons (Fsp3) is 0.222. The monoisotopic (exact) mass is 326 g/mol. The van der Waals surface area contributed by atoms with Crippen LogP contribution in [0.3, 0.4) is 0 Å². The number of oxazole rings is 1. The summed E-state index contributed by atoms with van der Waals surface area (Å²) in [7, 11) is 3.25. The Kier molecular flexibility index (Phi) is 4.37. The lowest BCUT2D eigenvalue weighted by Gasteiger charge is -2.06. The number of carbonyl (C=O) groups excluding carboxylic acids is 1. The third-order valence-electron chi connectivity index (χ3n) is 3.91. The summed E-state index contributed by atoms with van der Waals surface area (Å²) in [5, 5.41) is 2.87. The van der Waals surface area contributed by atoms with Crippen LogP contribution in [0.4, 0.5) is 0 Å². The third kappa shape index (κ3) is 3.17. The van der Waals surface area contributed by atoms with Crippen molar-refractivity contribution in [3.63, 3.8) is 0 Å². The smallest absolute Gasteiger partial charge is 0.419 e. The van der Waals surface area contributed by atoms with E-state index < -0.39 is 5.76 Å². The van der Waals surface area contributed by atoms with Crippen LogP contribution in [0, 0.1) is 0 Å². The molecule has 2 aromatic carbocycles. The van der Waals surface area contributed by atoms with E-state index in [0.717, 1.165) is 17.7 Å². The van der Waals surface area contributed by atoms with Crippen molar-refractivity contribution in [3.05, 3.63) is 64.1 Å². The van der Waals surface area contributed by atoms with Crippen molar-refractivity contribution >= 4 is 17.0 Å². The van der Waals surface area contributed by atoms with Crippen LogP contribution in [0.5, 0.6) is 5.75 Å². The molecule has 0 atom stereocenters. The Hall–Kier alpha value is -3.02. The summed E-state index contributed by atoms with van der Waals surface area (Å²) in [6.45, 7) is 0.516. The quantitative estimate of drug-likeness (QED) is 0.779. The van der Waals surface area contributed by atoms with Crippen LogP contribution in [0.1, 0.15) is 15.9 Å². The minimum atomic E-state index is -0.443. The van der Waals surface area contributed by atoms with E-state index in [0.29, 0.717) is 23.2 Å². The zero-order valence-electron chi connectivity index (χ0n) is 13.5. The van der Waals surface area contributed by atoms with Gasteiger partial charge in [-0.05, 0) is 42.3 Å². The number of hydrogen-bond donors (Lipinski definition) is 1. The second kappa shape index (κ2) is 6.62. The molecular weight excluding hydrogens is 308 g/mol. The lowest BCUT2D eigenvalue weighted by atomic mass is 10.1. The lowest BCUT2D eigenvalue weighted by Crippen LogP contribution is -2.25. The number of carbonyl (C=O) groups is 1. The zero-order chi connectivity index (χ0) is 17.1. The van der Waals surface area contributed by atoms with Crippen LogP contribution in [0.2, 0.25) is 0 Å². The van der Waals surface area contributed by atoms with E-state index in [1.165, 1.54) is 4.57 Å². The second-order valence-corrected chi connectivity index (χ2v) is 5.46. The molecule has 1 aromatic heterocycles. The Morgan fingerprint density at radius 1 is 1.21 bits per heavy atom. The Bertz CT molecular complexity index is 922. The van der Waals surface area contributed by atoms with Gasteiger partial charge in [-0.2, -0.15) is 0 Å². The van der Waals surface area contributed by atoms with Crippen molar-refractivity contribution in [2.24, 2.45) is 7.05 Å². The highest BCUT2D eigenvalue weighted by molar-refractivity contribution is 5.97. The Balaban J connectivity index is 1.63. The van der Waals surface area contributed by atoms with Crippen LogP contribution in [0.25, 0.3) is 11.1 Å². The van der Waals surface area contributed by atoms with E-state index in [4.69, 9.17) is 9.15 Å². The number of aromatic nitrogens is 1. The molecule has 24 heavy (non-hydrogen) atoms. The molecule has 1 amide bonds. The summed E-state index contributed by atoms with van der Waals surface area (Å²) in [6.07, 6.45) is 0.721. The molecule has 3 aromatic rings. The van der Waals surface area contributed by atoms with Gasteiger partial charge in [0.25, 0.3) is 5.91 Å². The number of benzene rings is 2. The summed E-state index contributed by atoms with van der Waals surface area (Å²) in [4.78, 5) is 23.7. The van der Waals surface area contributed by atoms with E-state index in [9.17, 15) is 9.59 Å². The van der Waals surface area contributed by atoms with Crippen molar-refractivity contribution in [3.8, 4) is 5.75 Å². The fourth-order valence-corrected chi connectivity index (χ4v) is 2.49. The molecule has 0 bridgehead atoms. The lowest BCUT2D eigenvalue weighted by molar-refractivity contribution is 0.0954. The zero-order valence-corrected chi connectivity index (χ0v) is 13.5. The highest BCUT2D eigenvalue weighted by Crippen LogP contribution is 2.14. The number of methoxy groups -OCH3 is 1. The summed E-state index contributed by atoms with van der Waals surface area (Å²) in [6, 6.07) is 12.7. The van der Waals surface area contributed by atoms with Gasteiger partial charge in [0.2, 0.25) is 0 Å². The van der Waals surface area contributed by atoms with Gasteiger partial charge in [0.05, 0.1) is 12.6 Å². The summed E-state index contributed by atoms with van der Waals surface area (Å²) in [5.74, 6) is 0.166. The maximum absolute atomic E-state index is 12.2. The van der Waals surface area contributed by atoms with Crippen molar-refractivity contribution in [1.29, 1.82) is 0 Å². The number of nitrogens with one attached hydrogen (secondary N) is 1.